The van der Waals surface area contributed by atoms with Crippen LogP contribution in [0.3, 0.4) is 0 Å². The minimum atomic E-state index is -0.496. The van der Waals surface area contributed by atoms with Gasteiger partial charge in [0.2, 0.25) is 0 Å². The standard InChI is InChI=1S/C11H12BrNO2/c12-9-4-2-1-3-8(9)10(14)11(5-13)6-15-7-11/h1-4H,5-7,13H2. The largest absolute Gasteiger partial charge is 0.379 e. The molecule has 80 valence electrons. The lowest BCUT2D eigenvalue weighted by molar-refractivity contribution is -0.0816. The maximum atomic E-state index is 12.2. The van der Waals surface area contributed by atoms with E-state index in [9.17, 15) is 4.79 Å². The second-order valence-corrected chi connectivity index (χ2v) is 4.64. The lowest BCUT2D eigenvalue weighted by atomic mass is 9.78. The Balaban J connectivity index is 2.32. The third-order valence-electron chi connectivity index (χ3n) is 2.75. The Morgan fingerprint density at radius 1 is 1.47 bits per heavy atom. The van der Waals surface area contributed by atoms with Gasteiger partial charge in [-0.05, 0) is 6.07 Å². The Morgan fingerprint density at radius 2 is 2.13 bits per heavy atom. The molecule has 0 amide bonds. The highest BCUT2D eigenvalue weighted by atomic mass is 79.9. The molecule has 2 rings (SSSR count). The van der Waals surface area contributed by atoms with Crippen molar-refractivity contribution in [1.82, 2.24) is 0 Å². The van der Waals surface area contributed by atoms with E-state index < -0.39 is 5.41 Å². The SMILES string of the molecule is NCC1(C(=O)c2ccccc2Br)COC1. The van der Waals surface area contributed by atoms with E-state index in [1.54, 1.807) is 0 Å². The number of hydrogen-bond acceptors (Lipinski definition) is 3. The molecule has 0 unspecified atom stereocenters. The summed E-state index contributed by atoms with van der Waals surface area (Å²) in [5, 5.41) is 0. The molecule has 1 fully saturated rings. The van der Waals surface area contributed by atoms with Crippen LogP contribution in [0, 0.1) is 5.41 Å². The first kappa shape index (κ1) is 10.8. The molecular formula is C11H12BrNO2. The number of rotatable bonds is 3. The first-order chi connectivity index (χ1) is 7.19. The van der Waals surface area contributed by atoms with Crippen molar-refractivity contribution in [2.75, 3.05) is 19.8 Å². The maximum Gasteiger partial charge on any atom is 0.176 e. The van der Waals surface area contributed by atoms with Gasteiger partial charge in [-0.25, -0.2) is 0 Å². The minimum absolute atomic E-state index is 0.0729. The van der Waals surface area contributed by atoms with Crippen LogP contribution in [0.25, 0.3) is 0 Å². The van der Waals surface area contributed by atoms with Gasteiger partial charge in [-0.2, -0.15) is 0 Å². The van der Waals surface area contributed by atoms with Gasteiger partial charge in [-0.15, -0.1) is 0 Å². The van der Waals surface area contributed by atoms with E-state index in [0.29, 0.717) is 25.3 Å². The number of nitrogens with two attached hydrogens (primary N) is 1. The van der Waals surface area contributed by atoms with Crippen molar-refractivity contribution >= 4 is 21.7 Å². The molecule has 1 aromatic rings. The zero-order valence-electron chi connectivity index (χ0n) is 8.20. The maximum absolute atomic E-state index is 12.2. The Labute approximate surface area is 96.7 Å². The average molecular weight is 270 g/mol. The van der Waals surface area contributed by atoms with Crippen molar-refractivity contribution in [1.29, 1.82) is 0 Å². The summed E-state index contributed by atoms with van der Waals surface area (Å²) < 4.78 is 5.91. The molecule has 1 heterocycles. The molecule has 0 bridgehead atoms. The van der Waals surface area contributed by atoms with Crippen molar-refractivity contribution in [3.05, 3.63) is 34.3 Å². The average Bonchev–Trinajstić information content (AvgIpc) is 2.17. The van der Waals surface area contributed by atoms with Gasteiger partial charge in [0.05, 0.1) is 18.6 Å². The summed E-state index contributed by atoms with van der Waals surface area (Å²) in [4.78, 5) is 12.2. The summed E-state index contributed by atoms with van der Waals surface area (Å²) in [5.74, 6) is 0.0729. The number of halogens is 1. The summed E-state index contributed by atoms with van der Waals surface area (Å²) >= 11 is 3.37. The lowest BCUT2D eigenvalue weighted by Crippen LogP contribution is -2.54. The van der Waals surface area contributed by atoms with Crippen LogP contribution in [0.4, 0.5) is 0 Å². The summed E-state index contributed by atoms with van der Waals surface area (Å²) in [6.07, 6.45) is 0. The Bertz CT molecular complexity index is 382. The van der Waals surface area contributed by atoms with Crippen LogP contribution < -0.4 is 5.73 Å². The Hall–Kier alpha value is -0.710. The highest BCUT2D eigenvalue weighted by molar-refractivity contribution is 9.10. The molecule has 0 atom stereocenters. The Kier molecular flexibility index (Phi) is 2.91. The quantitative estimate of drug-likeness (QED) is 0.849. The third-order valence-corrected chi connectivity index (χ3v) is 3.44. The zero-order valence-corrected chi connectivity index (χ0v) is 9.79. The van der Waals surface area contributed by atoms with Crippen LogP contribution in [0.1, 0.15) is 10.4 Å². The number of carbonyl (C=O) groups is 1. The minimum Gasteiger partial charge on any atom is -0.379 e. The molecule has 4 heteroatoms. The summed E-state index contributed by atoms with van der Waals surface area (Å²) in [5.41, 5.74) is 5.83. The molecule has 1 aliphatic heterocycles. The molecule has 0 aromatic heterocycles. The van der Waals surface area contributed by atoms with Crippen molar-refractivity contribution in [2.24, 2.45) is 11.1 Å². The zero-order chi connectivity index (χ0) is 10.9. The van der Waals surface area contributed by atoms with Crippen LogP contribution in [-0.2, 0) is 4.74 Å². The van der Waals surface area contributed by atoms with E-state index >= 15 is 0 Å². The molecule has 1 saturated heterocycles. The van der Waals surface area contributed by atoms with Gasteiger partial charge in [0.25, 0.3) is 0 Å². The molecule has 2 N–H and O–H groups in total. The first-order valence-electron chi connectivity index (χ1n) is 4.77. The van der Waals surface area contributed by atoms with Gasteiger partial charge in [-0.1, -0.05) is 34.1 Å². The van der Waals surface area contributed by atoms with Gasteiger partial charge < -0.3 is 10.5 Å². The molecule has 1 aromatic carbocycles. The molecule has 3 nitrogen and oxygen atoms in total. The van der Waals surface area contributed by atoms with Gasteiger partial charge >= 0.3 is 0 Å². The fraction of sp³-hybridized carbons (Fsp3) is 0.364. The number of Topliss-reactive ketones (excluding diaryl/α,β-unsaturated/α-hetero) is 1. The Morgan fingerprint density at radius 3 is 2.60 bits per heavy atom. The van der Waals surface area contributed by atoms with Crippen LogP contribution in [0.5, 0.6) is 0 Å². The molecule has 1 aliphatic rings. The smallest absolute Gasteiger partial charge is 0.176 e. The third kappa shape index (κ3) is 1.73. The van der Waals surface area contributed by atoms with Gasteiger partial charge in [0, 0.05) is 16.6 Å². The van der Waals surface area contributed by atoms with Crippen LogP contribution in [0.15, 0.2) is 28.7 Å². The highest BCUT2D eigenvalue weighted by Gasteiger charge is 2.45. The van der Waals surface area contributed by atoms with Crippen LogP contribution >= 0.6 is 15.9 Å². The molecule has 0 radical (unpaired) electrons. The van der Waals surface area contributed by atoms with E-state index in [-0.39, 0.29) is 5.78 Å². The number of ether oxygens (including phenoxy) is 1. The van der Waals surface area contributed by atoms with Crippen molar-refractivity contribution in [2.45, 2.75) is 0 Å². The fourth-order valence-electron chi connectivity index (χ4n) is 1.62. The normalized spacial score (nSPS) is 18.3. The molecule has 0 saturated carbocycles. The van der Waals surface area contributed by atoms with E-state index in [1.165, 1.54) is 0 Å². The van der Waals surface area contributed by atoms with E-state index in [0.717, 1.165) is 4.47 Å². The summed E-state index contributed by atoms with van der Waals surface area (Å²) in [6, 6.07) is 7.40. The monoisotopic (exact) mass is 269 g/mol. The first-order valence-corrected chi connectivity index (χ1v) is 5.56. The van der Waals surface area contributed by atoms with E-state index in [4.69, 9.17) is 10.5 Å². The molecule has 15 heavy (non-hydrogen) atoms. The van der Waals surface area contributed by atoms with Crippen molar-refractivity contribution in [3.8, 4) is 0 Å². The number of carbonyl (C=O) groups excluding carboxylic acids is 1. The van der Waals surface area contributed by atoms with Gasteiger partial charge in [0.1, 0.15) is 0 Å². The number of hydrogen-bond donors (Lipinski definition) is 1. The summed E-state index contributed by atoms with van der Waals surface area (Å²) in [7, 11) is 0. The lowest BCUT2D eigenvalue weighted by Gasteiger charge is -2.39. The predicted molar refractivity (Wildman–Crippen MR) is 60.8 cm³/mol. The molecular weight excluding hydrogens is 258 g/mol. The van der Waals surface area contributed by atoms with Crippen molar-refractivity contribution < 1.29 is 9.53 Å². The molecule has 0 spiro atoms. The fourth-order valence-corrected chi connectivity index (χ4v) is 2.09. The van der Waals surface area contributed by atoms with E-state index in [2.05, 4.69) is 15.9 Å². The number of ketones is 1. The molecule has 0 aliphatic carbocycles. The van der Waals surface area contributed by atoms with E-state index in [1.807, 2.05) is 24.3 Å². The highest BCUT2D eigenvalue weighted by Crippen LogP contribution is 2.32. The van der Waals surface area contributed by atoms with Gasteiger partial charge in [-0.3, -0.25) is 4.79 Å². The summed E-state index contributed by atoms with van der Waals surface area (Å²) in [6.45, 7) is 1.21. The topological polar surface area (TPSA) is 52.3 Å². The predicted octanol–water partition coefficient (Wildman–Crippen LogP) is 1.61. The second kappa shape index (κ2) is 4.04. The number of benzene rings is 1. The van der Waals surface area contributed by atoms with Crippen molar-refractivity contribution in [3.63, 3.8) is 0 Å². The van der Waals surface area contributed by atoms with Crippen LogP contribution in [-0.4, -0.2) is 25.5 Å². The van der Waals surface area contributed by atoms with Gasteiger partial charge in [0.15, 0.2) is 5.78 Å². The second-order valence-electron chi connectivity index (χ2n) is 3.79. The van der Waals surface area contributed by atoms with Crippen LogP contribution in [0.2, 0.25) is 0 Å².